The molecule has 1 aromatic carbocycles. The van der Waals surface area contributed by atoms with Crippen molar-refractivity contribution in [1.29, 1.82) is 0 Å². The summed E-state index contributed by atoms with van der Waals surface area (Å²) in [6, 6.07) is 7.28. The van der Waals surface area contributed by atoms with E-state index in [-0.39, 0.29) is 23.9 Å². The molecular weight excluding hydrogens is 368 g/mol. The van der Waals surface area contributed by atoms with Crippen LogP contribution in [0.5, 0.6) is 0 Å². The molecular formula is C18H19ClN6O2. The van der Waals surface area contributed by atoms with Gasteiger partial charge < -0.3 is 9.47 Å². The van der Waals surface area contributed by atoms with Crippen molar-refractivity contribution in [3.8, 4) is 5.69 Å². The van der Waals surface area contributed by atoms with Crippen molar-refractivity contribution in [3.05, 3.63) is 64.3 Å². The number of benzene rings is 1. The maximum atomic E-state index is 12.8. The molecule has 4 rings (SSSR count). The maximum absolute atomic E-state index is 12.8. The Labute approximate surface area is 160 Å². The third-order valence-electron chi connectivity index (χ3n) is 4.87. The summed E-state index contributed by atoms with van der Waals surface area (Å²) in [6.07, 6.45) is 4.90. The highest BCUT2D eigenvalue weighted by atomic mass is 35.5. The lowest BCUT2D eigenvalue weighted by Crippen LogP contribution is -2.59. The van der Waals surface area contributed by atoms with E-state index in [1.54, 1.807) is 11.1 Å². The van der Waals surface area contributed by atoms with Crippen LogP contribution in [-0.2, 0) is 11.3 Å². The minimum Gasteiger partial charge on any atom is -0.330 e. The van der Waals surface area contributed by atoms with Crippen molar-refractivity contribution < 1.29 is 4.79 Å². The Morgan fingerprint density at radius 1 is 1.41 bits per heavy atom. The molecule has 1 aliphatic rings. The van der Waals surface area contributed by atoms with E-state index in [1.807, 2.05) is 35.0 Å². The second-order valence-corrected chi connectivity index (χ2v) is 7.77. The zero-order valence-electron chi connectivity index (χ0n) is 15.0. The van der Waals surface area contributed by atoms with Crippen LogP contribution in [0.15, 0.2) is 47.8 Å². The van der Waals surface area contributed by atoms with Gasteiger partial charge in [0.25, 0.3) is 0 Å². The molecule has 0 aliphatic carbocycles. The van der Waals surface area contributed by atoms with Crippen LogP contribution < -0.4 is 5.69 Å². The number of aromatic amines is 1. The predicted molar refractivity (Wildman–Crippen MR) is 99.7 cm³/mol. The Hall–Kier alpha value is -2.87. The van der Waals surface area contributed by atoms with Crippen LogP contribution >= 0.6 is 11.6 Å². The highest BCUT2D eigenvalue weighted by molar-refractivity contribution is 6.30. The Bertz CT molecular complexity index is 1050. The molecule has 1 saturated heterocycles. The van der Waals surface area contributed by atoms with Gasteiger partial charge in [0.05, 0.1) is 6.04 Å². The van der Waals surface area contributed by atoms with Crippen molar-refractivity contribution in [2.75, 3.05) is 6.54 Å². The number of aromatic nitrogens is 5. The fourth-order valence-electron chi connectivity index (χ4n) is 3.63. The first-order valence-electron chi connectivity index (χ1n) is 8.55. The average molecular weight is 387 g/mol. The van der Waals surface area contributed by atoms with Crippen LogP contribution in [0.4, 0.5) is 0 Å². The third kappa shape index (κ3) is 3.06. The van der Waals surface area contributed by atoms with Crippen LogP contribution in [0.25, 0.3) is 5.69 Å². The van der Waals surface area contributed by atoms with Gasteiger partial charge in [-0.3, -0.25) is 9.36 Å². The first-order chi connectivity index (χ1) is 12.9. The Morgan fingerprint density at radius 2 is 2.22 bits per heavy atom. The number of nitrogens with one attached hydrogen (secondary N) is 1. The van der Waals surface area contributed by atoms with Gasteiger partial charge in [-0.05, 0) is 18.2 Å². The molecule has 1 atom stereocenters. The van der Waals surface area contributed by atoms with Crippen molar-refractivity contribution in [3.63, 3.8) is 0 Å². The third-order valence-corrected chi connectivity index (χ3v) is 5.11. The number of imidazole rings is 1. The number of carbonyl (C=O) groups is 1. The normalized spacial score (nSPS) is 18.3. The van der Waals surface area contributed by atoms with Crippen LogP contribution in [-0.4, -0.2) is 41.7 Å². The number of amides is 1. The number of hydrogen-bond acceptors (Lipinski definition) is 4. The summed E-state index contributed by atoms with van der Waals surface area (Å²) in [5.74, 6) is 0.616. The lowest BCUT2D eigenvalue weighted by molar-refractivity contribution is -0.153. The molecule has 27 heavy (non-hydrogen) atoms. The van der Waals surface area contributed by atoms with Crippen LogP contribution in [0.3, 0.4) is 0 Å². The van der Waals surface area contributed by atoms with Crippen molar-refractivity contribution >= 4 is 17.5 Å². The molecule has 1 N–H and O–H groups in total. The molecule has 0 radical (unpaired) electrons. The Kier molecular flexibility index (Phi) is 4.15. The van der Waals surface area contributed by atoms with E-state index in [0.29, 0.717) is 11.6 Å². The molecule has 1 unspecified atom stereocenters. The highest BCUT2D eigenvalue weighted by Crippen LogP contribution is 2.48. The van der Waals surface area contributed by atoms with E-state index in [1.165, 1.54) is 10.9 Å². The number of rotatable bonds is 4. The monoisotopic (exact) mass is 386 g/mol. The molecule has 3 heterocycles. The molecule has 0 spiro atoms. The average Bonchev–Trinajstić information content (AvgIpc) is 3.22. The predicted octanol–water partition coefficient (Wildman–Crippen LogP) is 2.02. The fourth-order valence-corrected chi connectivity index (χ4v) is 3.81. The first kappa shape index (κ1) is 17.5. The standard InChI is InChI=1S/C18H19ClN6O2/c1-18(2)10-25(14(26)9-23-11-21-22-17(23)27)15(18)16-20-6-7-24(16)13-5-3-4-12(19)8-13/h3-8,11,15H,9-10H2,1-2H3,(H,22,27). The zero-order chi connectivity index (χ0) is 19.2. The summed E-state index contributed by atoms with van der Waals surface area (Å²) in [5, 5.41) is 6.59. The number of likely N-dealkylation sites (tertiary alicyclic amines) is 1. The molecule has 2 aromatic heterocycles. The van der Waals surface area contributed by atoms with Crippen molar-refractivity contribution in [1.82, 2.24) is 29.2 Å². The van der Waals surface area contributed by atoms with Crippen LogP contribution in [0.2, 0.25) is 5.02 Å². The van der Waals surface area contributed by atoms with Crippen LogP contribution in [0.1, 0.15) is 25.7 Å². The van der Waals surface area contributed by atoms with E-state index in [0.717, 1.165) is 11.5 Å². The lowest BCUT2D eigenvalue weighted by atomic mass is 9.74. The topological polar surface area (TPSA) is 88.8 Å². The molecule has 0 saturated carbocycles. The fraction of sp³-hybridized carbons (Fsp3) is 0.333. The van der Waals surface area contributed by atoms with E-state index in [9.17, 15) is 9.59 Å². The molecule has 140 valence electrons. The van der Waals surface area contributed by atoms with Gasteiger partial charge in [-0.2, -0.15) is 5.10 Å². The number of carbonyl (C=O) groups excluding carboxylic acids is 1. The number of halogens is 1. The first-order valence-corrected chi connectivity index (χ1v) is 8.93. The van der Waals surface area contributed by atoms with Gasteiger partial charge >= 0.3 is 5.69 Å². The Morgan fingerprint density at radius 3 is 2.89 bits per heavy atom. The largest absolute Gasteiger partial charge is 0.343 e. The van der Waals surface area contributed by atoms with Crippen LogP contribution in [0, 0.1) is 5.41 Å². The summed E-state index contributed by atoms with van der Waals surface area (Å²) in [4.78, 5) is 30.7. The lowest BCUT2D eigenvalue weighted by Gasteiger charge is -2.53. The van der Waals surface area contributed by atoms with Gasteiger partial charge in [0.1, 0.15) is 18.7 Å². The van der Waals surface area contributed by atoms with Gasteiger partial charge in [0, 0.05) is 35.1 Å². The smallest absolute Gasteiger partial charge is 0.330 e. The number of hydrogen-bond donors (Lipinski definition) is 1. The molecule has 8 nitrogen and oxygen atoms in total. The zero-order valence-corrected chi connectivity index (χ0v) is 15.7. The highest BCUT2D eigenvalue weighted by Gasteiger charge is 2.50. The van der Waals surface area contributed by atoms with Gasteiger partial charge in [-0.25, -0.2) is 14.9 Å². The maximum Gasteiger partial charge on any atom is 0.343 e. The minimum absolute atomic E-state index is 0.0558. The summed E-state index contributed by atoms with van der Waals surface area (Å²) in [6.45, 7) is 4.73. The Balaban J connectivity index is 1.66. The molecule has 1 amide bonds. The van der Waals surface area contributed by atoms with Crippen molar-refractivity contribution in [2.24, 2.45) is 5.41 Å². The summed E-state index contributed by atoms with van der Waals surface area (Å²) in [5.41, 5.74) is 0.342. The van der Waals surface area contributed by atoms with Gasteiger partial charge in [-0.15, -0.1) is 0 Å². The molecule has 1 fully saturated rings. The molecule has 9 heteroatoms. The van der Waals surface area contributed by atoms with E-state index in [2.05, 4.69) is 29.0 Å². The van der Waals surface area contributed by atoms with Gasteiger partial charge in [-0.1, -0.05) is 31.5 Å². The summed E-state index contributed by atoms with van der Waals surface area (Å²) < 4.78 is 3.20. The second kappa shape index (κ2) is 6.38. The summed E-state index contributed by atoms with van der Waals surface area (Å²) >= 11 is 6.13. The van der Waals surface area contributed by atoms with E-state index in [4.69, 9.17) is 11.6 Å². The van der Waals surface area contributed by atoms with Gasteiger partial charge in [0.15, 0.2) is 0 Å². The number of nitrogens with zero attached hydrogens (tertiary/aromatic N) is 5. The van der Waals surface area contributed by atoms with Crippen molar-refractivity contribution in [2.45, 2.75) is 26.4 Å². The SMILES string of the molecule is CC1(C)CN(C(=O)Cn2cn[nH]c2=O)C1c1nccn1-c1cccc(Cl)c1. The van der Waals surface area contributed by atoms with E-state index >= 15 is 0 Å². The minimum atomic E-state index is -0.403. The number of H-pyrrole nitrogens is 1. The quantitative estimate of drug-likeness (QED) is 0.742. The van der Waals surface area contributed by atoms with Gasteiger partial charge in [0.2, 0.25) is 5.91 Å². The molecule has 1 aliphatic heterocycles. The second-order valence-electron chi connectivity index (χ2n) is 7.34. The summed E-state index contributed by atoms with van der Waals surface area (Å²) in [7, 11) is 0. The molecule has 3 aromatic rings. The molecule has 0 bridgehead atoms. The van der Waals surface area contributed by atoms with E-state index < -0.39 is 5.69 Å².